The van der Waals surface area contributed by atoms with Crippen molar-refractivity contribution < 1.29 is 4.74 Å². The first-order valence-corrected chi connectivity index (χ1v) is 6.40. The fraction of sp³-hybridized carbons (Fsp3) is 0.500. The van der Waals surface area contributed by atoms with Gasteiger partial charge in [-0.05, 0) is 32.4 Å². The third kappa shape index (κ3) is 2.68. The molecule has 82 valence electrons. The average molecular weight is 243 g/mol. The van der Waals surface area contributed by atoms with E-state index in [1.54, 1.807) is 0 Å². The van der Waals surface area contributed by atoms with Crippen molar-refractivity contribution in [2.45, 2.75) is 35.5 Å². The van der Waals surface area contributed by atoms with Gasteiger partial charge < -0.3 is 4.74 Å². The Balaban J connectivity index is 2.06. The van der Waals surface area contributed by atoms with Crippen LogP contribution in [0.3, 0.4) is 0 Å². The molecule has 0 aliphatic carbocycles. The highest BCUT2D eigenvalue weighted by Gasteiger charge is 2.38. The maximum absolute atomic E-state index is 6.27. The molecular weight excluding hydrogens is 228 g/mol. The molecular formula is C12H15ClOS. The van der Waals surface area contributed by atoms with Crippen molar-refractivity contribution in [1.82, 2.24) is 0 Å². The van der Waals surface area contributed by atoms with Gasteiger partial charge in [-0.3, -0.25) is 0 Å². The highest BCUT2D eigenvalue weighted by molar-refractivity contribution is 8.00. The van der Waals surface area contributed by atoms with E-state index >= 15 is 0 Å². The Hall–Kier alpha value is -0.180. The molecule has 0 aromatic heterocycles. The van der Waals surface area contributed by atoms with Crippen LogP contribution in [0.5, 0.6) is 0 Å². The number of aryl methyl sites for hydroxylation is 1. The molecule has 1 aromatic rings. The van der Waals surface area contributed by atoms with Crippen LogP contribution >= 0.6 is 23.4 Å². The molecule has 0 amide bonds. The molecule has 15 heavy (non-hydrogen) atoms. The Morgan fingerprint density at radius 1 is 1.40 bits per heavy atom. The standard InChI is InChI=1S/C12H15ClOS/c1-9-3-5-10(6-4-9)15-11-7-8-14-12(11,2)13/h3-6,11H,7-8H2,1-2H3. The highest BCUT2D eigenvalue weighted by Crippen LogP contribution is 2.41. The van der Waals surface area contributed by atoms with E-state index in [-0.39, 0.29) is 0 Å². The molecule has 1 aliphatic heterocycles. The van der Waals surface area contributed by atoms with Gasteiger partial charge in [-0.15, -0.1) is 11.8 Å². The Kier molecular flexibility index (Phi) is 3.29. The average Bonchev–Trinajstić information content (AvgIpc) is 2.50. The van der Waals surface area contributed by atoms with Gasteiger partial charge >= 0.3 is 0 Å². The van der Waals surface area contributed by atoms with Crippen LogP contribution in [-0.2, 0) is 4.74 Å². The SMILES string of the molecule is Cc1ccc(SC2CCOC2(C)Cl)cc1. The third-order valence-corrected chi connectivity index (χ3v) is 4.66. The zero-order valence-corrected chi connectivity index (χ0v) is 10.6. The minimum atomic E-state index is -0.504. The Morgan fingerprint density at radius 2 is 2.07 bits per heavy atom. The smallest absolute Gasteiger partial charge is 0.151 e. The Bertz CT molecular complexity index is 334. The van der Waals surface area contributed by atoms with Gasteiger partial charge in [0.15, 0.2) is 5.06 Å². The third-order valence-electron chi connectivity index (χ3n) is 2.64. The summed E-state index contributed by atoms with van der Waals surface area (Å²) in [5.41, 5.74) is 1.29. The number of hydrogen-bond donors (Lipinski definition) is 0. The van der Waals surface area contributed by atoms with Gasteiger partial charge in [-0.25, -0.2) is 0 Å². The van der Waals surface area contributed by atoms with Crippen LogP contribution in [0.2, 0.25) is 0 Å². The van der Waals surface area contributed by atoms with E-state index in [0.29, 0.717) is 5.25 Å². The highest BCUT2D eigenvalue weighted by atomic mass is 35.5. The summed E-state index contributed by atoms with van der Waals surface area (Å²) in [6.07, 6.45) is 1.03. The van der Waals surface area contributed by atoms with Gasteiger partial charge in [0.2, 0.25) is 0 Å². The molecule has 3 heteroatoms. The van der Waals surface area contributed by atoms with Gasteiger partial charge in [0.1, 0.15) is 0 Å². The number of alkyl halides is 1. The fourth-order valence-corrected chi connectivity index (χ4v) is 3.10. The summed E-state index contributed by atoms with van der Waals surface area (Å²) in [6.45, 7) is 4.82. The molecule has 2 atom stereocenters. The van der Waals surface area contributed by atoms with Crippen LogP contribution < -0.4 is 0 Å². The van der Waals surface area contributed by atoms with Crippen molar-refractivity contribution in [2.24, 2.45) is 0 Å². The van der Waals surface area contributed by atoms with Gasteiger partial charge in [0, 0.05) is 4.90 Å². The summed E-state index contributed by atoms with van der Waals surface area (Å²) in [5.74, 6) is 0. The zero-order chi connectivity index (χ0) is 10.9. The van der Waals surface area contributed by atoms with Crippen molar-refractivity contribution in [2.75, 3.05) is 6.61 Å². The molecule has 1 aromatic carbocycles. The van der Waals surface area contributed by atoms with E-state index in [0.717, 1.165) is 13.0 Å². The van der Waals surface area contributed by atoms with Gasteiger partial charge in [0.05, 0.1) is 11.9 Å². The van der Waals surface area contributed by atoms with Gasteiger partial charge in [0.25, 0.3) is 0 Å². The van der Waals surface area contributed by atoms with E-state index < -0.39 is 5.06 Å². The lowest BCUT2D eigenvalue weighted by Gasteiger charge is -2.22. The minimum absolute atomic E-state index is 0.349. The summed E-state index contributed by atoms with van der Waals surface area (Å²) in [6, 6.07) is 8.55. The molecule has 2 rings (SSSR count). The number of halogens is 1. The largest absolute Gasteiger partial charge is 0.359 e. The topological polar surface area (TPSA) is 9.23 Å². The summed E-state index contributed by atoms with van der Waals surface area (Å²) in [5, 5.41) is -0.155. The van der Waals surface area contributed by atoms with Crippen LogP contribution in [0.15, 0.2) is 29.2 Å². The van der Waals surface area contributed by atoms with E-state index in [9.17, 15) is 0 Å². The van der Waals surface area contributed by atoms with Crippen LogP contribution in [0, 0.1) is 6.92 Å². The molecule has 1 nitrogen and oxygen atoms in total. The van der Waals surface area contributed by atoms with Crippen molar-refractivity contribution >= 4 is 23.4 Å². The molecule has 0 saturated carbocycles. The van der Waals surface area contributed by atoms with Crippen LogP contribution in [-0.4, -0.2) is 16.9 Å². The first-order valence-electron chi connectivity index (χ1n) is 5.14. The molecule has 0 bridgehead atoms. The molecule has 0 spiro atoms. The van der Waals surface area contributed by atoms with E-state index in [4.69, 9.17) is 16.3 Å². The molecule has 1 saturated heterocycles. The number of ether oxygens (including phenoxy) is 1. The molecule has 0 N–H and O–H groups in total. The molecule has 2 unspecified atom stereocenters. The lowest BCUT2D eigenvalue weighted by atomic mass is 10.2. The summed E-state index contributed by atoms with van der Waals surface area (Å²) < 4.78 is 5.49. The maximum atomic E-state index is 6.27. The second-order valence-electron chi connectivity index (χ2n) is 4.04. The summed E-state index contributed by atoms with van der Waals surface area (Å²) in [7, 11) is 0. The Morgan fingerprint density at radius 3 is 2.60 bits per heavy atom. The second-order valence-corrected chi connectivity index (χ2v) is 6.07. The number of rotatable bonds is 2. The lowest BCUT2D eigenvalue weighted by Crippen LogP contribution is -2.26. The second kappa shape index (κ2) is 4.36. The number of benzene rings is 1. The normalized spacial score (nSPS) is 30.7. The van der Waals surface area contributed by atoms with Crippen LogP contribution in [0.1, 0.15) is 18.9 Å². The van der Waals surface area contributed by atoms with E-state index in [1.165, 1.54) is 10.5 Å². The number of hydrogen-bond acceptors (Lipinski definition) is 2. The monoisotopic (exact) mass is 242 g/mol. The van der Waals surface area contributed by atoms with Crippen molar-refractivity contribution in [3.8, 4) is 0 Å². The summed E-state index contributed by atoms with van der Waals surface area (Å²) >= 11 is 8.08. The van der Waals surface area contributed by atoms with Gasteiger partial charge in [-0.2, -0.15) is 0 Å². The van der Waals surface area contributed by atoms with Crippen molar-refractivity contribution in [3.63, 3.8) is 0 Å². The van der Waals surface area contributed by atoms with Crippen molar-refractivity contribution in [1.29, 1.82) is 0 Å². The predicted octanol–water partition coefficient (Wildman–Crippen LogP) is 3.83. The summed E-state index contributed by atoms with van der Waals surface area (Å²) in [4.78, 5) is 1.27. The Labute approximate surface area is 100 Å². The first-order chi connectivity index (χ1) is 7.08. The first kappa shape index (κ1) is 11.3. The van der Waals surface area contributed by atoms with Crippen molar-refractivity contribution in [3.05, 3.63) is 29.8 Å². The molecule has 1 aliphatic rings. The van der Waals surface area contributed by atoms with Crippen LogP contribution in [0.25, 0.3) is 0 Å². The molecule has 1 fully saturated rings. The quantitative estimate of drug-likeness (QED) is 0.729. The van der Waals surface area contributed by atoms with Gasteiger partial charge in [-0.1, -0.05) is 29.3 Å². The predicted molar refractivity (Wildman–Crippen MR) is 65.7 cm³/mol. The molecule has 1 heterocycles. The fourth-order valence-electron chi connectivity index (χ4n) is 1.66. The van der Waals surface area contributed by atoms with Crippen LogP contribution in [0.4, 0.5) is 0 Å². The molecule has 0 radical (unpaired) electrons. The van der Waals surface area contributed by atoms with E-state index in [2.05, 4.69) is 31.2 Å². The zero-order valence-electron chi connectivity index (χ0n) is 9.00. The lowest BCUT2D eigenvalue weighted by molar-refractivity contribution is 0.0927. The minimum Gasteiger partial charge on any atom is -0.359 e. The maximum Gasteiger partial charge on any atom is 0.151 e. The van der Waals surface area contributed by atoms with E-state index in [1.807, 2.05) is 18.7 Å². The number of thioether (sulfide) groups is 1.